The van der Waals surface area contributed by atoms with Crippen LogP contribution in [0.2, 0.25) is 0 Å². The summed E-state index contributed by atoms with van der Waals surface area (Å²) in [6.45, 7) is 0.334. The van der Waals surface area contributed by atoms with Crippen LogP contribution in [0.25, 0.3) is 0 Å². The Morgan fingerprint density at radius 1 is 1.36 bits per heavy atom. The molecule has 0 heterocycles. The number of benzene rings is 1. The van der Waals surface area contributed by atoms with E-state index in [1.807, 2.05) is 0 Å². The minimum absolute atomic E-state index is 0. The molecule has 0 aliphatic carbocycles. The van der Waals surface area contributed by atoms with Crippen molar-refractivity contribution in [3.8, 4) is 11.5 Å². The molecule has 1 aromatic carbocycles. The van der Waals surface area contributed by atoms with Gasteiger partial charge < -0.3 is 20.7 Å². The predicted octanol–water partition coefficient (Wildman–Crippen LogP) is 1.17. The van der Waals surface area contributed by atoms with Crippen LogP contribution < -0.4 is 5.73 Å². The normalized spacial score (nSPS) is 11.9. The summed E-state index contributed by atoms with van der Waals surface area (Å²) in [5.41, 5.74) is 6.18. The molecule has 14 heavy (non-hydrogen) atoms. The van der Waals surface area contributed by atoms with Crippen LogP contribution in [0.5, 0.6) is 11.5 Å². The molecule has 0 fully saturated rings. The smallest absolute Gasteiger partial charge is 0.157 e. The number of hydrogen-bond acceptors (Lipinski definition) is 4. The average molecular weight is 220 g/mol. The highest BCUT2D eigenvalue weighted by molar-refractivity contribution is 5.85. The molecular formula is C9H14ClNO3. The van der Waals surface area contributed by atoms with Gasteiger partial charge in [0.2, 0.25) is 0 Å². The van der Waals surface area contributed by atoms with E-state index in [1.54, 1.807) is 13.2 Å². The van der Waals surface area contributed by atoms with Crippen molar-refractivity contribution in [2.75, 3.05) is 13.7 Å². The van der Waals surface area contributed by atoms with Crippen molar-refractivity contribution in [2.24, 2.45) is 5.73 Å². The second-order valence-electron chi connectivity index (χ2n) is 2.71. The van der Waals surface area contributed by atoms with Gasteiger partial charge in [-0.2, -0.15) is 0 Å². The molecule has 0 aliphatic rings. The molecule has 4 N–H and O–H groups in total. The van der Waals surface area contributed by atoms with Crippen LogP contribution in [0.15, 0.2) is 18.2 Å². The van der Waals surface area contributed by atoms with Gasteiger partial charge in [-0.25, -0.2) is 0 Å². The number of ether oxygens (including phenoxy) is 1. The maximum atomic E-state index is 9.19. The number of phenols is 2. The lowest BCUT2D eigenvalue weighted by atomic mass is 10.1. The maximum Gasteiger partial charge on any atom is 0.157 e. The first-order valence-corrected chi connectivity index (χ1v) is 3.93. The number of rotatable bonds is 3. The summed E-state index contributed by atoms with van der Waals surface area (Å²) < 4.78 is 5.06. The summed E-state index contributed by atoms with van der Waals surface area (Å²) in [7, 11) is 1.54. The molecular weight excluding hydrogens is 206 g/mol. The maximum absolute atomic E-state index is 9.19. The molecule has 1 atom stereocenters. The fraction of sp³-hybridized carbons (Fsp3) is 0.333. The zero-order valence-electron chi connectivity index (χ0n) is 7.80. The Labute approximate surface area is 88.7 Å². The Morgan fingerprint density at radius 3 is 2.43 bits per heavy atom. The van der Waals surface area contributed by atoms with Gasteiger partial charge in [-0.05, 0) is 17.7 Å². The van der Waals surface area contributed by atoms with Crippen molar-refractivity contribution in [3.63, 3.8) is 0 Å². The number of aromatic hydroxyl groups is 2. The van der Waals surface area contributed by atoms with Crippen LogP contribution >= 0.6 is 12.4 Å². The fourth-order valence-corrected chi connectivity index (χ4v) is 1.11. The van der Waals surface area contributed by atoms with E-state index in [2.05, 4.69) is 0 Å². The van der Waals surface area contributed by atoms with Crippen molar-refractivity contribution in [1.82, 2.24) is 0 Å². The molecule has 80 valence electrons. The SMILES string of the molecule is COC(CN)c1ccc(O)c(O)c1.Cl. The first-order valence-electron chi connectivity index (χ1n) is 3.93. The van der Waals surface area contributed by atoms with Crippen LogP contribution in [0.4, 0.5) is 0 Å². The molecule has 0 radical (unpaired) electrons. The number of halogens is 1. The summed E-state index contributed by atoms with van der Waals surface area (Å²) >= 11 is 0. The van der Waals surface area contributed by atoms with Gasteiger partial charge in [0.25, 0.3) is 0 Å². The van der Waals surface area contributed by atoms with E-state index in [9.17, 15) is 5.11 Å². The number of phenolic OH excluding ortho intramolecular Hbond substituents is 2. The molecule has 0 bridgehead atoms. The minimum atomic E-state index is -0.244. The summed E-state index contributed by atoms with van der Waals surface area (Å²) in [4.78, 5) is 0. The lowest BCUT2D eigenvalue weighted by Gasteiger charge is -2.13. The number of methoxy groups -OCH3 is 1. The molecule has 0 amide bonds. The van der Waals surface area contributed by atoms with Gasteiger partial charge in [0, 0.05) is 13.7 Å². The second-order valence-corrected chi connectivity index (χ2v) is 2.71. The van der Waals surface area contributed by atoms with Crippen LogP contribution in [-0.4, -0.2) is 23.9 Å². The van der Waals surface area contributed by atoms with Crippen LogP contribution in [0.1, 0.15) is 11.7 Å². The average Bonchev–Trinajstić information content (AvgIpc) is 2.13. The molecule has 0 aromatic heterocycles. The third-order valence-corrected chi connectivity index (χ3v) is 1.87. The highest BCUT2D eigenvalue weighted by atomic mass is 35.5. The zero-order chi connectivity index (χ0) is 9.84. The van der Waals surface area contributed by atoms with E-state index in [4.69, 9.17) is 15.6 Å². The highest BCUT2D eigenvalue weighted by Gasteiger charge is 2.09. The van der Waals surface area contributed by atoms with Gasteiger partial charge in [0.05, 0.1) is 6.10 Å². The quantitative estimate of drug-likeness (QED) is 0.667. The Bertz CT molecular complexity index is 289. The molecule has 0 spiro atoms. The third kappa shape index (κ3) is 2.77. The summed E-state index contributed by atoms with van der Waals surface area (Å²) in [5.74, 6) is -0.302. The van der Waals surface area contributed by atoms with E-state index in [1.165, 1.54) is 12.1 Å². The molecule has 0 saturated carbocycles. The van der Waals surface area contributed by atoms with E-state index in [-0.39, 0.29) is 30.0 Å². The van der Waals surface area contributed by atoms with Gasteiger partial charge in [0.1, 0.15) is 0 Å². The predicted molar refractivity (Wildman–Crippen MR) is 55.8 cm³/mol. The molecule has 5 heteroatoms. The zero-order valence-corrected chi connectivity index (χ0v) is 8.62. The van der Waals surface area contributed by atoms with Crippen LogP contribution in [-0.2, 0) is 4.74 Å². The summed E-state index contributed by atoms with van der Waals surface area (Å²) in [6.07, 6.45) is -0.244. The van der Waals surface area contributed by atoms with Crippen molar-refractivity contribution >= 4 is 12.4 Å². The molecule has 1 rings (SSSR count). The first-order chi connectivity index (χ1) is 6.19. The Hall–Kier alpha value is -0.970. The molecule has 0 saturated heterocycles. The lowest BCUT2D eigenvalue weighted by molar-refractivity contribution is 0.110. The fourth-order valence-electron chi connectivity index (χ4n) is 1.11. The van der Waals surface area contributed by atoms with Gasteiger partial charge in [-0.15, -0.1) is 12.4 Å². The van der Waals surface area contributed by atoms with Crippen molar-refractivity contribution < 1.29 is 14.9 Å². The monoisotopic (exact) mass is 219 g/mol. The summed E-state index contributed by atoms with van der Waals surface area (Å²) in [5, 5.41) is 18.2. The van der Waals surface area contributed by atoms with E-state index in [0.717, 1.165) is 5.56 Å². The molecule has 4 nitrogen and oxygen atoms in total. The van der Waals surface area contributed by atoms with Gasteiger partial charge >= 0.3 is 0 Å². The lowest BCUT2D eigenvalue weighted by Crippen LogP contribution is -2.13. The molecule has 1 unspecified atom stereocenters. The highest BCUT2D eigenvalue weighted by Crippen LogP contribution is 2.28. The number of nitrogens with two attached hydrogens (primary N) is 1. The van der Waals surface area contributed by atoms with Gasteiger partial charge in [-0.1, -0.05) is 6.07 Å². The Kier molecular flexibility index (Phi) is 5.30. The minimum Gasteiger partial charge on any atom is -0.504 e. The van der Waals surface area contributed by atoms with Crippen molar-refractivity contribution in [2.45, 2.75) is 6.10 Å². The Balaban J connectivity index is 0.00000169. The van der Waals surface area contributed by atoms with E-state index < -0.39 is 0 Å². The second kappa shape index (κ2) is 5.70. The van der Waals surface area contributed by atoms with Crippen molar-refractivity contribution in [1.29, 1.82) is 0 Å². The molecule has 1 aromatic rings. The summed E-state index contributed by atoms with van der Waals surface area (Å²) in [6, 6.07) is 4.51. The van der Waals surface area contributed by atoms with E-state index in [0.29, 0.717) is 6.54 Å². The van der Waals surface area contributed by atoms with Crippen LogP contribution in [0.3, 0.4) is 0 Å². The first kappa shape index (κ1) is 13.0. The van der Waals surface area contributed by atoms with Gasteiger partial charge in [-0.3, -0.25) is 0 Å². The third-order valence-electron chi connectivity index (χ3n) is 1.87. The number of hydrogen-bond donors (Lipinski definition) is 3. The van der Waals surface area contributed by atoms with E-state index >= 15 is 0 Å². The van der Waals surface area contributed by atoms with Crippen LogP contribution in [0, 0.1) is 0 Å². The van der Waals surface area contributed by atoms with Gasteiger partial charge in [0.15, 0.2) is 11.5 Å². The standard InChI is InChI=1S/C9H13NO3.ClH/c1-13-9(5-10)6-2-3-7(11)8(12)4-6;/h2-4,9,11-12H,5,10H2,1H3;1H. The van der Waals surface area contributed by atoms with Crippen molar-refractivity contribution in [3.05, 3.63) is 23.8 Å². The largest absolute Gasteiger partial charge is 0.504 e. The topological polar surface area (TPSA) is 75.7 Å². The Morgan fingerprint density at radius 2 is 2.00 bits per heavy atom. The molecule has 0 aliphatic heterocycles.